The zero-order chi connectivity index (χ0) is 47.5. The van der Waals surface area contributed by atoms with Gasteiger partial charge >= 0.3 is 5.97 Å². The van der Waals surface area contributed by atoms with Gasteiger partial charge < -0.3 is 45.3 Å². The van der Waals surface area contributed by atoms with E-state index in [0.29, 0.717) is 50.0 Å². The van der Waals surface area contributed by atoms with Crippen LogP contribution in [0.2, 0.25) is 10.0 Å². The number of carboxylic acid groups (broad SMARTS) is 1. The molecule has 2 amide bonds. The van der Waals surface area contributed by atoms with Gasteiger partial charge in [-0.1, -0.05) is 68.2 Å². The quantitative estimate of drug-likeness (QED) is 0.0490. The summed E-state index contributed by atoms with van der Waals surface area (Å²) in [6.45, 7) is 12.5. The van der Waals surface area contributed by atoms with Crippen molar-refractivity contribution in [2.24, 2.45) is 0 Å². The Bertz CT molecular complexity index is 2720. The number of carboxylic acids is 1. The van der Waals surface area contributed by atoms with E-state index in [1.807, 2.05) is 12.1 Å². The molecule has 1 saturated heterocycles. The van der Waals surface area contributed by atoms with Gasteiger partial charge in [-0.3, -0.25) is 14.4 Å². The Labute approximate surface area is 399 Å². The van der Waals surface area contributed by atoms with Crippen LogP contribution in [0.5, 0.6) is 5.75 Å². The average molecular weight is 954 g/mol. The normalized spacial score (nSPS) is 13.0. The van der Waals surface area contributed by atoms with Crippen LogP contribution in [0.15, 0.2) is 106 Å². The van der Waals surface area contributed by atoms with Crippen LogP contribution in [0, 0.1) is 0 Å². The van der Waals surface area contributed by atoms with E-state index in [0.717, 1.165) is 37.1 Å². The minimum absolute atomic E-state index is 0.0524. The smallest absolute Gasteiger partial charge is 0.336 e. The fraction of sp³-hybridized carbons (Fsp3) is 0.300. The van der Waals surface area contributed by atoms with E-state index in [9.17, 15) is 29.4 Å². The first kappa shape index (κ1) is 49.4. The van der Waals surface area contributed by atoms with Crippen molar-refractivity contribution in [3.63, 3.8) is 0 Å². The number of amides is 2. The molecule has 0 bridgehead atoms. The number of thiocarbonyl (C=S) groups is 1. The van der Waals surface area contributed by atoms with Crippen molar-refractivity contribution in [1.29, 1.82) is 0 Å². The van der Waals surface area contributed by atoms with Gasteiger partial charge in [-0.15, -0.1) is 0 Å². The number of likely N-dealkylation sites (tertiary alicyclic amines) is 1. The number of phenols is 1. The molecule has 66 heavy (non-hydrogen) atoms. The molecule has 346 valence electrons. The van der Waals surface area contributed by atoms with Crippen LogP contribution in [-0.2, 0) is 16.0 Å². The molecule has 5 N–H and O–H groups in total. The summed E-state index contributed by atoms with van der Waals surface area (Å²) in [6.07, 6.45) is 2.40. The summed E-state index contributed by atoms with van der Waals surface area (Å²) in [7, 11) is 1.80. The number of likely N-dealkylation sites (N-methyl/N-ethyl adjacent to an activating group) is 1. The molecule has 2 aliphatic heterocycles. The molecule has 1 unspecified atom stereocenters. The highest BCUT2D eigenvalue weighted by atomic mass is 35.5. The van der Waals surface area contributed by atoms with E-state index in [1.165, 1.54) is 50.0 Å². The third-order valence-corrected chi connectivity index (χ3v) is 12.6. The monoisotopic (exact) mass is 952 g/mol. The molecule has 4 aromatic carbocycles. The van der Waals surface area contributed by atoms with Crippen molar-refractivity contribution >= 4 is 80.7 Å². The van der Waals surface area contributed by atoms with Crippen LogP contribution in [0.25, 0.3) is 33.4 Å². The van der Waals surface area contributed by atoms with Crippen LogP contribution in [0.1, 0.15) is 61.1 Å². The van der Waals surface area contributed by atoms with Crippen LogP contribution in [0.4, 0.5) is 11.4 Å². The first-order valence-corrected chi connectivity index (χ1v) is 23.0. The molecule has 1 aliphatic carbocycles. The van der Waals surface area contributed by atoms with Crippen molar-refractivity contribution in [3.05, 3.63) is 134 Å². The van der Waals surface area contributed by atoms with Crippen LogP contribution in [-0.4, -0.2) is 101 Å². The topological polar surface area (TPSA) is 168 Å². The summed E-state index contributed by atoms with van der Waals surface area (Å²) in [6, 6.07) is 25.8. The second kappa shape index (κ2) is 22.9. The predicted molar refractivity (Wildman–Crippen MR) is 267 cm³/mol. The Hall–Kier alpha value is -6.03. The first-order valence-electron chi connectivity index (χ1n) is 21.8. The van der Waals surface area contributed by atoms with E-state index < -0.39 is 5.97 Å². The fourth-order valence-corrected chi connectivity index (χ4v) is 8.46. The lowest BCUT2D eigenvalue weighted by molar-refractivity contribution is -0.131. The minimum atomic E-state index is -1.21. The molecule has 0 spiro atoms. The Kier molecular flexibility index (Phi) is 17.2. The highest BCUT2D eigenvalue weighted by molar-refractivity contribution is 7.80. The molecule has 1 atom stereocenters. The average Bonchev–Trinajstić information content (AvgIpc) is 3.82. The number of aromatic carboxylic acids is 1. The molecule has 3 aliphatic rings. The number of hydrogen-bond donors (Lipinski definition) is 5. The van der Waals surface area contributed by atoms with Gasteiger partial charge in [0.05, 0.1) is 34.6 Å². The molecule has 16 heteroatoms. The summed E-state index contributed by atoms with van der Waals surface area (Å²) in [4.78, 5) is 57.7. The maximum Gasteiger partial charge on any atom is 0.336 e. The summed E-state index contributed by atoms with van der Waals surface area (Å²) in [5.74, 6) is -1.46. The molecule has 0 saturated carbocycles. The van der Waals surface area contributed by atoms with E-state index >= 15 is 0 Å². The van der Waals surface area contributed by atoms with Crippen molar-refractivity contribution in [2.75, 3.05) is 63.5 Å². The maximum atomic E-state index is 13.5. The Morgan fingerprint density at radius 2 is 1.50 bits per heavy atom. The second-order valence-corrected chi connectivity index (χ2v) is 17.2. The number of aromatic hydroxyl groups is 1. The molecule has 7 rings (SSSR count). The standard InChI is InChI=1S/C44H39Cl2N5O7S.C6H15N/c1-50(41(55)19-25-4-15-35(45)36(46)18-25)37(24-51-16-2-3-17-51)26-5-7-27(8-6-26)48-40(54)23-47-44(59)49-28-9-12-31(34(20-28)43(56)57)42-32-13-10-29(52)21-38(32)58-39-22-30(53)11-14-33(39)42;1-4-7(5-2)6-3/h4-15,18,20-22,37,52H,2-3,16-17,19,23-24H2,1H3,(H,48,54)(H,56,57)(H2,47,49,59);4-6H2,1-3H3. The number of rotatable bonds is 15. The van der Waals surface area contributed by atoms with Crippen molar-refractivity contribution in [2.45, 2.75) is 46.1 Å². The molecule has 13 nitrogen and oxygen atoms in total. The summed E-state index contributed by atoms with van der Waals surface area (Å²) >= 11 is 17.7. The second-order valence-electron chi connectivity index (χ2n) is 15.9. The van der Waals surface area contributed by atoms with Crippen molar-refractivity contribution in [1.82, 2.24) is 20.0 Å². The van der Waals surface area contributed by atoms with Gasteiger partial charge in [0, 0.05) is 53.6 Å². The molecule has 1 fully saturated rings. The lowest BCUT2D eigenvalue weighted by Gasteiger charge is -2.32. The number of nitrogens with zero attached hydrogens (tertiary/aromatic N) is 3. The van der Waals surface area contributed by atoms with Gasteiger partial charge in [-0.25, -0.2) is 4.79 Å². The molecule has 4 aromatic rings. The summed E-state index contributed by atoms with van der Waals surface area (Å²) < 4.78 is 5.91. The molecule has 2 heterocycles. The third kappa shape index (κ3) is 12.6. The lowest BCUT2D eigenvalue weighted by atomic mass is 9.90. The van der Waals surface area contributed by atoms with Crippen LogP contribution < -0.4 is 21.4 Å². The third-order valence-electron chi connectivity index (χ3n) is 11.6. The van der Waals surface area contributed by atoms with Gasteiger partial charge in [-0.2, -0.15) is 0 Å². The first-order chi connectivity index (χ1) is 31.7. The molecular formula is C50H54Cl2N6O7S. The van der Waals surface area contributed by atoms with Gasteiger partial charge in [0.15, 0.2) is 10.5 Å². The van der Waals surface area contributed by atoms with E-state index in [4.69, 9.17) is 39.8 Å². The Morgan fingerprint density at radius 1 is 0.818 bits per heavy atom. The molecule has 0 radical (unpaired) electrons. The number of anilines is 2. The highest BCUT2D eigenvalue weighted by Crippen LogP contribution is 2.42. The number of nitrogens with one attached hydrogen (secondary N) is 3. The zero-order valence-corrected chi connectivity index (χ0v) is 39.7. The van der Waals surface area contributed by atoms with Gasteiger partial charge in [0.25, 0.3) is 0 Å². The number of halogens is 2. The zero-order valence-electron chi connectivity index (χ0n) is 37.3. The Morgan fingerprint density at radius 3 is 2.15 bits per heavy atom. The number of hydrogen-bond acceptors (Lipinski definition) is 9. The van der Waals surface area contributed by atoms with Crippen LogP contribution in [0.3, 0.4) is 0 Å². The number of fused-ring (bicyclic) bond motifs is 2. The number of carbonyl (C=O) groups excluding carboxylic acids is 2. The predicted octanol–water partition coefficient (Wildman–Crippen LogP) is 9.39. The SMILES string of the molecule is CCN(CC)CC.CN(C(=O)Cc1ccc(Cl)c(Cl)c1)C(CN1CCCC1)c1ccc(NC(=O)CNC(=S)Nc2ccc(-c3c4ccc(=O)cc-4oc4cc(O)ccc34)c(C(=O)O)c2)cc1. The van der Waals surface area contributed by atoms with E-state index in [1.54, 1.807) is 66.5 Å². The van der Waals surface area contributed by atoms with Crippen molar-refractivity contribution < 1.29 is 29.0 Å². The van der Waals surface area contributed by atoms with Gasteiger partial charge in [-0.05, 0) is 135 Å². The molecular weight excluding hydrogens is 900 g/mol. The van der Waals surface area contributed by atoms with Gasteiger partial charge in [0.2, 0.25) is 11.8 Å². The lowest BCUT2D eigenvalue weighted by Crippen LogP contribution is -2.39. The largest absolute Gasteiger partial charge is 0.508 e. The van der Waals surface area contributed by atoms with Crippen molar-refractivity contribution in [3.8, 4) is 28.2 Å². The minimum Gasteiger partial charge on any atom is -0.508 e. The maximum absolute atomic E-state index is 13.5. The van der Waals surface area contributed by atoms with E-state index in [-0.39, 0.29) is 64.0 Å². The number of benzene rings is 5. The molecule has 0 aromatic heterocycles. The summed E-state index contributed by atoms with van der Waals surface area (Å²) in [5.41, 5.74) is 3.92. The van der Waals surface area contributed by atoms with Gasteiger partial charge in [0.1, 0.15) is 17.1 Å². The highest BCUT2D eigenvalue weighted by Gasteiger charge is 2.27. The number of carbonyl (C=O) groups is 3. The van der Waals surface area contributed by atoms with E-state index in [2.05, 4.69) is 46.5 Å². The fourth-order valence-electron chi connectivity index (χ4n) is 7.95. The summed E-state index contributed by atoms with van der Waals surface area (Å²) in [5, 5.41) is 30.5. The number of phenolic OH excluding ortho intramolecular Hbond substituents is 1. The Balaban J connectivity index is 0.000000952. The van der Waals surface area contributed by atoms with Crippen LogP contribution >= 0.6 is 35.4 Å².